The molecule has 21 heavy (non-hydrogen) atoms. The van der Waals surface area contributed by atoms with E-state index in [4.69, 9.17) is 4.74 Å². The first-order chi connectivity index (χ1) is 10.1. The molecule has 0 bridgehead atoms. The lowest BCUT2D eigenvalue weighted by atomic mass is 10.1. The molecule has 0 spiro atoms. The molecule has 2 aromatic rings. The van der Waals surface area contributed by atoms with Crippen LogP contribution in [0.3, 0.4) is 0 Å². The zero-order valence-electron chi connectivity index (χ0n) is 12.2. The third-order valence-corrected chi connectivity index (χ3v) is 4.32. The molecular weight excluding hydrogens is 394 g/mol. The van der Waals surface area contributed by atoms with Crippen molar-refractivity contribution in [2.24, 2.45) is 0 Å². The Hall–Kier alpha value is -0.840. The van der Waals surface area contributed by atoms with E-state index in [1.54, 1.807) is 0 Å². The Balaban J connectivity index is 2.12. The highest BCUT2D eigenvalue weighted by Crippen LogP contribution is 2.33. The average Bonchev–Trinajstić information content (AvgIpc) is 2.48. The molecular formula is C17H19Br2NO. The monoisotopic (exact) mass is 411 g/mol. The Morgan fingerprint density at radius 3 is 2.52 bits per heavy atom. The molecule has 0 saturated carbocycles. The summed E-state index contributed by atoms with van der Waals surface area (Å²) in [6.07, 6.45) is 0. The zero-order valence-corrected chi connectivity index (χ0v) is 15.4. The van der Waals surface area contributed by atoms with Crippen molar-refractivity contribution in [2.45, 2.75) is 26.4 Å². The Labute approximate surface area is 143 Å². The average molecular weight is 413 g/mol. The van der Waals surface area contributed by atoms with Crippen molar-refractivity contribution in [1.82, 2.24) is 5.32 Å². The minimum atomic E-state index is 0.290. The molecule has 0 aromatic heterocycles. The van der Waals surface area contributed by atoms with Gasteiger partial charge >= 0.3 is 0 Å². The van der Waals surface area contributed by atoms with Gasteiger partial charge in [-0.2, -0.15) is 0 Å². The van der Waals surface area contributed by atoms with Crippen molar-refractivity contribution < 1.29 is 4.74 Å². The normalized spacial score (nSPS) is 12.2. The van der Waals surface area contributed by atoms with E-state index in [0.717, 1.165) is 26.8 Å². The van der Waals surface area contributed by atoms with Gasteiger partial charge in [-0.1, -0.05) is 46.3 Å². The summed E-state index contributed by atoms with van der Waals surface area (Å²) in [6, 6.07) is 14.8. The van der Waals surface area contributed by atoms with Crippen molar-refractivity contribution in [3.8, 4) is 5.75 Å². The highest BCUT2D eigenvalue weighted by Gasteiger charge is 2.11. The maximum atomic E-state index is 5.75. The van der Waals surface area contributed by atoms with Crippen LogP contribution in [0.25, 0.3) is 0 Å². The van der Waals surface area contributed by atoms with Crippen LogP contribution in [0.2, 0.25) is 0 Å². The lowest BCUT2D eigenvalue weighted by Crippen LogP contribution is -2.18. The van der Waals surface area contributed by atoms with Gasteiger partial charge in [0.2, 0.25) is 0 Å². The number of hydrogen-bond acceptors (Lipinski definition) is 2. The van der Waals surface area contributed by atoms with E-state index in [2.05, 4.69) is 74.4 Å². The lowest BCUT2D eigenvalue weighted by Gasteiger charge is -2.17. The number of nitrogens with one attached hydrogen (secondary N) is 1. The first-order valence-electron chi connectivity index (χ1n) is 7.01. The van der Waals surface area contributed by atoms with Crippen molar-refractivity contribution in [2.75, 3.05) is 6.61 Å². The first kappa shape index (κ1) is 16.5. The molecule has 2 nitrogen and oxygen atoms in total. The summed E-state index contributed by atoms with van der Waals surface area (Å²) in [7, 11) is 0. The number of benzene rings is 2. The van der Waals surface area contributed by atoms with Gasteiger partial charge in [0.25, 0.3) is 0 Å². The fourth-order valence-corrected chi connectivity index (χ4v) is 3.60. The second-order valence-electron chi connectivity index (χ2n) is 4.82. The SMILES string of the molecule is CCOc1c(Br)cc(Br)cc1CN[C@H](C)c1ccccc1. The fourth-order valence-electron chi connectivity index (χ4n) is 2.17. The molecule has 1 N–H and O–H groups in total. The van der Waals surface area contributed by atoms with E-state index in [1.165, 1.54) is 5.56 Å². The van der Waals surface area contributed by atoms with Crippen molar-refractivity contribution in [1.29, 1.82) is 0 Å². The predicted molar refractivity (Wildman–Crippen MR) is 94.7 cm³/mol. The third-order valence-electron chi connectivity index (χ3n) is 3.27. The van der Waals surface area contributed by atoms with Crippen LogP contribution in [0.1, 0.15) is 31.0 Å². The van der Waals surface area contributed by atoms with Crippen LogP contribution >= 0.6 is 31.9 Å². The highest BCUT2D eigenvalue weighted by atomic mass is 79.9. The molecule has 2 aromatic carbocycles. The largest absolute Gasteiger partial charge is 0.492 e. The number of hydrogen-bond donors (Lipinski definition) is 1. The quantitative estimate of drug-likeness (QED) is 0.679. The Bertz CT molecular complexity index is 587. The van der Waals surface area contributed by atoms with Crippen LogP contribution in [-0.4, -0.2) is 6.61 Å². The van der Waals surface area contributed by atoms with Crippen LogP contribution < -0.4 is 10.1 Å². The molecule has 0 aliphatic heterocycles. The summed E-state index contributed by atoms with van der Waals surface area (Å²) in [5.41, 5.74) is 2.42. The topological polar surface area (TPSA) is 21.3 Å². The van der Waals surface area contributed by atoms with Gasteiger partial charge in [0.05, 0.1) is 11.1 Å². The third kappa shape index (κ3) is 4.56. The highest BCUT2D eigenvalue weighted by molar-refractivity contribution is 9.11. The summed E-state index contributed by atoms with van der Waals surface area (Å²) in [4.78, 5) is 0. The first-order valence-corrected chi connectivity index (χ1v) is 8.59. The molecule has 0 fully saturated rings. The zero-order chi connectivity index (χ0) is 15.2. The van der Waals surface area contributed by atoms with Crippen LogP contribution in [-0.2, 0) is 6.54 Å². The van der Waals surface area contributed by atoms with Gasteiger partial charge in [0.15, 0.2) is 0 Å². The number of halogens is 2. The molecule has 1 atom stereocenters. The van der Waals surface area contributed by atoms with E-state index in [9.17, 15) is 0 Å². The molecule has 4 heteroatoms. The van der Waals surface area contributed by atoms with Crippen LogP contribution in [0.4, 0.5) is 0 Å². The number of ether oxygens (including phenoxy) is 1. The fraction of sp³-hybridized carbons (Fsp3) is 0.294. The summed E-state index contributed by atoms with van der Waals surface area (Å²) < 4.78 is 7.77. The van der Waals surface area contributed by atoms with Gasteiger partial charge < -0.3 is 10.1 Å². The predicted octanol–water partition coefficient (Wildman–Crippen LogP) is 5.46. The standard InChI is InChI=1S/C17H19Br2NO/c1-3-21-17-14(9-15(18)10-16(17)19)11-20-12(2)13-7-5-4-6-8-13/h4-10,12,20H,3,11H2,1-2H3/t12-/m1/s1. The maximum absolute atomic E-state index is 5.75. The Kier molecular flexibility index (Phi) is 6.27. The van der Waals surface area contributed by atoms with Crippen molar-refractivity contribution >= 4 is 31.9 Å². The molecule has 0 heterocycles. The van der Waals surface area contributed by atoms with Gasteiger partial charge in [0, 0.05) is 22.6 Å². The smallest absolute Gasteiger partial charge is 0.138 e. The lowest BCUT2D eigenvalue weighted by molar-refractivity contribution is 0.332. The molecule has 0 saturated heterocycles. The molecule has 0 unspecified atom stereocenters. The minimum Gasteiger partial charge on any atom is -0.492 e. The Morgan fingerprint density at radius 2 is 1.86 bits per heavy atom. The summed E-state index contributed by atoms with van der Waals surface area (Å²) in [5.74, 6) is 0.911. The van der Waals surface area contributed by atoms with Gasteiger partial charge in [-0.25, -0.2) is 0 Å². The van der Waals surface area contributed by atoms with Crippen LogP contribution in [0, 0.1) is 0 Å². The molecule has 0 aliphatic carbocycles. The molecule has 0 radical (unpaired) electrons. The van der Waals surface area contributed by atoms with Crippen molar-refractivity contribution in [3.63, 3.8) is 0 Å². The van der Waals surface area contributed by atoms with Crippen LogP contribution in [0.15, 0.2) is 51.4 Å². The summed E-state index contributed by atoms with van der Waals surface area (Å²) in [6.45, 7) is 5.58. The Morgan fingerprint density at radius 1 is 1.14 bits per heavy atom. The second kappa shape index (κ2) is 7.97. The van der Waals surface area contributed by atoms with E-state index < -0.39 is 0 Å². The van der Waals surface area contributed by atoms with Crippen molar-refractivity contribution in [3.05, 3.63) is 62.5 Å². The minimum absolute atomic E-state index is 0.290. The van der Waals surface area contributed by atoms with E-state index in [-0.39, 0.29) is 0 Å². The number of rotatable bonds is 6. The van der Waals surface area contributed by atoms with Gasteiger partial charge in [-0.15, -0.1) is 0 Å². The van der Waals surface area contributed by atoms with E-state index in [1.807, 2.05) is 19.1 Å². The maximum Gasteiger partial charge on any atom is 0.138 e. The van der Waals surface area contributed by atoms with E-state index >= 15 is 0 Å². The molecule has 2 rings (SSSR count). The van der Waals surface area contributed by atoms with E-state index in [0.29, 0.717) is 12.6 Å². The van der Waals surface area contributed by atoms with Gasteiger partial charge in [0.1, 0.15) is 5.75 Å². The second-order valence-corrected chi connectivity index (χ2v) is 6.59. The molecule has 0 aliphatic rings. The molecule has 112 valence electrons. The summed E-state index contributed by atoms with van der Waals surface area (Å²) in [5, 5.41) is 3.55. The van der Waals surface area contributed by atoms with Gasteiger partial charge in [-0.05, 0) is 47.5 Å². The van der Waals surface area contributed by atoms with Crippen LogP contribution in [0.5, 0.6) is 5.75 Å². The van der Waals surface area contributed by atoms with Gasteiger partial charge in [-0.3, -0.25) is 0 Å². The molecule has 0 amide bonds. The summed E-state index contributed by atoms with van der Waals surface area (Å²) >= 11 is 7.10.